The molecule has 29 heavy (non-hydrogen) atoms. The maximum Gasteiger partial charge on any atom is 0.241 e. The largest absolute Gasteiger partial charge is 0.493 e. The summed E-state index contributed by atoms with van der Waals surface area (Å²) in [5.41, 5.74) is 0.902. The first kappa shape index (κ1) is 19.4. The summed E-state index contributed by atoms with van der Waals surface area (Å²) in [7, 11) is -0.808. The third-order valence-corrected chi connectivity index (χ3v) is 6.72. The molecule has 0 aliphatic heterocycles. The van der Waals surface area contributed by atoms with Crippen LogP contribution in [0, 0.1) is 0 Å². The van der Waals surface area contributed by atoms with E-state index in [1.54, 1.807) is 18.2 Å². The SMILES string of the molecule is COc1ccc(S(=O)(=O)NCc2ccc(-c3nc4ccccc4s3)o2)cc1OC. The van der Waals surface area contributed by atoms with Crippen LogP contribution in [0.1, 0.15) is 5.76 Å². The van der Waals surface area contributed by atoms with Crippen molar-refractivity contribution >= 4 is 31.6 Å². The first-order valence-corrected chi connectivity index (χ1v) is 11.0. The summed E-state index contributed by atoms with van der Waals surface area (Å²) in [5, 5.41) is 0.750. The summed E-state index contributed by atoms with van der Waals surface area (Å²) in [6.45, 7) is 0.0154. The summed E-state index contributed by atoms with van der Waals surface area (Å²) >= 11 is 1.52. The van der Waals surface area contributed by atoms with Gasteiger partial charge in [-0.2, -0.15) is 0 Å². The zero-order valence-electron chi connectivity index (χ0n) is 15.7. The van der Waals surface area contributed by atoms with Gasteiger partial charge < -0.3 is 13.9 Å². The Kier molecular flexibility index (Phi) is 5.27. The summed E-state index contributed by atoms with van der Waals surface area (Å²) < 4.78 is 44.9. The van der Waals surface area contributed by atoms with E-state index in [1.165, 1.54) is 37.7 Å². The summed E-state index contributed by atoms with van der Waals surface area (Å²) in [4.78, 5) is 4.63. The van der Waals surface area contributed by atoms with Gasteiger partial charge in [0.15, 0.2) is 22.3 Å². The van der Waals surface area contributed by atoms with E-state index >= 15 is 0 Å². The maximum atomic E-state index is 12.6. The molecule has 1 N–H and O–H groups in total. The molecule has 0 spiro atoms. The van der Waals surface area contributed by atoms with Crippen LogP contribution in [0.15, 0.2) is 63.9 Å². The van der Waals surface area contributed by atoms with E-state index in [4.69, 9.17) is 13.9 Å². The van der Waals surface area contributed by atoms with Gasteiger partial charge in [0.25, 0.3) is 0 Å². The van der Waals surface area contributed by atoms with Crippen molar-refractivity contribution in [3.8, 4) is 22.3 Å². The highest BCUT2D eigenvalue weighted by atomic mass is 32.2. The monoisotopic (exact) mass is 430 g/mol. The highest BCUT2D eigenvalue weighted by Crippen LogP contribution is 2.32. The van der Waals surface area contributed by atoms with E-state index in [9.17, 15) is 8.42 Å². The Morgan fingerprint density at radius 2 is 1.83 bits per heavy atom. The van der Waals surface area contributed by atoms with Gasteiger partial charge in [-0.1, -0.05) is 12.1 Å². The van der Waals surface area contributed by atoms with Crippen molar-refractivity contribution in [3.05, 3.63) is 60.4 Å². The zero-order valence-corrected chi connectivity index (χ0v) is 17.3. The highest BCUT2D eigenvalue weighted by molar-refractivity contribution is 7.89. The lowest BCUT2D eigenvalue weighted by atomic mass is 10.3. The van der Waals surface area contributed by atoms with Gasteiger partial charge in [-0.25, -0.2) is 18.1 Å². The summed E-state index contributed by atoms with van der Waals surface area (Å²) in [6, 6.07) is 15.8. The van der Waals surface area contributed by atoms with E-state index in [2.05, 4.69) is 9.71 Å². The summed E-state index contributed by atoms with van der Waals surface area (Å²) in [6.07, 6.45) is 0. The molecule has 0 unspecified atom stereocenters. The molecule has 2 aromatic heterocycles. The minimum Gasteiger partial charge on any atom is -0.493 e. The van der Waals surface area contributed by atoms with Crippen LogP contribution in [0.4, 0.5) is 0 Å². The van der Waals surface area contributed by atoms with E-state index in [0.29, 0.717) is 23.0 Å². The van der Waals surface area contributed by atoms with Gasteiger partial charge in [-0.15, -0.1) is 11.3 Å². The number of fused-ring (bicyclic) bond motifs is 1. The molecule has 0 fully saturated rings. The fraction of sp³-hybridized carbons (Fsp3) is 0.150. The first-order chi connectivity index (χ1) is 14.0. The number of nitrogens with one attached hydrogen (secondary N) is 1. The fourth-order valence-electron chi connectivity index (χ4n) is 2.80. The maximum absolute atomic E-state index is 12.6. The Labute approximate surface area is 172 Å². The number of thiazole rings is 1. The molecule has 0 radical (unpaired) electrons. The van der Waals surface area contributed by atoms with Crippen LogP contribution in [0.3, 0.4) is 0 Å². The Bertz CT molecular complexity index is 1230. The van der Waals surface area contributed by atoms with Crippen molar-refractivity contribution in [2.24, 2.45) is 0 Å². The molecule has 150 valence electrons. The van der Waals surface area contributed by atoms with Gasteiger partial charge in [0.1, 0.15) is 5.76 Å². The van der Waals surface area contributed by atoms with E-state index < -0.39 is 10.0 Å². The number of rotatable bonds is 7. The lowest BCUT2D eigenvalue weighted by Gasteiger charge is -2.10. The quantitative estimate of drug-likeness (QED) is 0.476. The molecule has 0 atom stereocenters. The van der Waals surface area contributed by atoms with Crippen molar-refractivity contribution in [1.82, 2.24) is 9.71 Å². The molecule has 0 bridgehead atoms. The number of furan rings is 1. The molecule has 7 nitrogen and oxygen atoms in total. The van der Waals surface area contributed by atoms with Gasteiger partial charge in [0.2, 0.25) is 10.0 Å². The third-order valence-electron chi connectivity index (χ3n) is 4.27. The molecule has 4 rings (SSSR count). The van der Waals surface area contributed by atoms with Crippen molar-refractivity contribution in [3.63, 3.8) is 0 Å². The van der Waals surface area contributed by atoms with E-state index in [1.807, 2.05) is 24.3 Å². The van der Waals surface area contributed by atoms with Crippen LogP contribution in [0.5, 0.6) is 11.5 Å². The highest BCUT2D eigenvalue weighted by Gasteiger charge is 2.18. The molecule has 0 aliphatic rings. The lowest BCUT2D eigenvalue weighted by Crippen LogP contribution is -2.23. The zero-order chi connectivity index (χ0) is 20.4. The van der Waals surface area contributed by atoms with Crippen LogP contribution in [0.2, 0.25) is 0 Å². The van der Waals surface area contributed by atoms with Crippen LogP contribution in [-0.2, 0) is 16.6 Å². The number of ether oxygens (including phenoxy) is 2. The number of hydrogen-bond acceptors (Lipinski definition) is 7. The van der Waals surface area contributed by atoms with Crippen LogP contribution in [-0.4, -0.2) is 27.6 Å². The minimum absolute atomic E-state index is 0.0154. The molecule has 0 saturated heterocycles. The van der Waals surface area contributed by atoms with Gasteiger partial charge >= 0.3 is 0 Å². The van der Waals surface area contributed by atoms with Gasteiger partial charge in [0.05, 0.1) is 35.9 Å². The predicted octanol–water partition coefficient (Wildman–Crippen LogP) is 4.05. The van der Waals surface area contributed by atoms with E-state index in [-0.39, 0.29) is 11.4 Å². The molecule has 0 aliphatic carbocycles. The van der Waals surface area contributed by atoms with Gasteiger partial charge in [0, 0.05) is 6.07 Å². The summed E-state index contributed by atoms with van der Waals surface area (Å²) in [5.74, 6) is 1.89. The number of methoxy groups -OCH3 is 2. The van der Waals surface area contributed by atoms with Crippen LogP contribution < -0.4 is 14.2 Å². The number of nitrogens with zero attached hydrogens (tertiary/aromatic N) is 1. The standard InChI is InChI=1S/C20H18N2O5S2/c1-25-16-10-8-14(11-18(16)26-2)29(23,24)21-12-13-7-9-17(27-13)20-22-15-5-3-4-6-19(15)28-20/h3-11,21H,12H2,1-2H3. The molecule has 0 saturated carbocycles. The van der Waals surface area contributed by atoms with Crippen molar-refractivity contribution in [2.75, 3.05) is 14.2 Å². The number of hydrogen-bond donors (Lipinski definition) is 1. The number of sulfonamides is 1. The number of benzene rings is 2. The Hall–Kier alpha value is -2.88. The Morgan fingerprint density at radius 3 is 2.59 bits per heavy atom. The normalized spacial score (nSPS) is 11.7. The van der Waals surface area contributed by atoms with Crippen molar-refractivity contribution in [1.29, 1.82) is 0 Å². The average molecular weight is 431 g/mol. The first-order valence-electron chi connectivity index (χ1n) is 8.66. The Morgan fingerprint density at radius 1 is 1.03 bits per heavy atom. The second-order valence-corrected chi connectivity index (χ2v) is 8.89. The third kappa shape index (κ3) is 3.98. The van der Waals surface area contributed by atoms with Gasteiger partial charge in [-0.05, 0) is 36.4 Å². The number of para-hydroxylation sites is 1. The Balaban J connectivity index is 1.50. The van der Waals surface area contributed by atoms with Crippen molar-refractivity contribution in [2.45, 2.75) is 11.4 Å². The smallest absolute Gasteiger partial charge is 0.241 e. The fourth-order valence-corrected chi connectivity index (χ4v) is 4.73. The minimum atomic E-state index is -3.75. The average Bonchev–Trinajstić information content (AvgIpc) is 3.38. The number of aromatic nitrogens is 1. The van der Waals surface area contributed by atoms with E-state index in [0.717, 1.165) is 15.2 Å². The molecular formula is C20H18N2O5S2. The molecule has 2 heterocycles. The molecule has 4 aromatic rings. The lowest BCUT2D eigenvalue weighted by molar-refractivity contribution is 0.354. The second kappa shape index (κ2) is 7.86. The van der Waals surface area contributed by atoms with Crippen LogP contribution in [0.25, 0.3) is 21.0 Å². The topological polar surface area (TPSA) is 90.7 Å². The second-order valence-electron chi connectivity index (χ2n) is 6.09. The molecule has 0 amide bonds. The van der Waals surface area contributed by atoms with Crippen molar-refractivity contribution < 1.29 is 22.3 Å². The predicted molar refractivity (Wildman–Crippen MR) is 111 cm³/mol. The molecule has 2 aromatic carbocycles. The van der Waals surface area contributed by atoms with Crippen LogP contribution >= 0.6 is 11.3 Å². The molecular weight excluding hydrogens is 412 g/mol. The van der Waals surface area contributed by atoms with Gasteiger partial charge in [-0.3, -0.25) is 0 Å². The molecule has 9 heteroatoms.